The Kier molecular flexibility index (Phi) is 4.30. The van der Waals surface area contributed by atoms with Crippen molar-refractivity contribution >= 4 is 11.7 Å². The number of hydrogen-bond acceptors (Lipinski definition) is 4. The van der Waals surface area contributed by atoms with Gasteiger partial charge in [-0.1, -0.05) is 0 Å². The van der Waals surface area contributed by atoms with Crippen molar-refractivity contribution in [2.24, 2.45) is 5.10 Å². The number of amides is 1. The fourth-order valence-electron chi connectivity index (χ4n) is 1.42. The molecule has 0 unspecified atom stereocenters. The van der Waals surface area contributed by atoms with Crippen LogP contribution in [0.25, 0.3) is 0 Å². The molecule has 1 amide bonds. The summed E-state index contributed by atoms with van der Waals surface area (Å²) in [5, 5.41) is 15.1. The van der Waals surface area contributed by atoms with Crippen molar-refractivity contribution in [3.05, 3.63) is 23.8 Å². The molecular weight excluding hydrogens is 246 g/mol. The van der Waals surface area contributed by atoms with Crippen LogP contribution in [0.3, 0.4) is 0 Å². The molecule has 0 radical (unpaired) electrons. The van der Waals surface area contributed by atoms with Crippen molar-refractivity contribution < 1.29 is 32.4 Å². The number of nitrogens with zero attached hydrogens (tertiary/aromatic N) is 1. The number of hydrogen-bond donors (Lipinski definition) is 3. The van der Waals surface area contributed by atoms with Gasteiger partial charge in [0.05, 0.1) is 12.7 Å². The predicted molar refractivity (Wildman–Crippen MR) is 56.1 cm³/mol. The third kappa shape index (κ3) is 2.86. The van der Waals surface area contributed by atoms with Gasteiger partial charge in [0.25, 0.3) is 5.91 Å². The number of methoxy groups -OCH3 is 1. The van der Waals surface area contributed by atoms with Gasteiger partial charge in [0, 0.05) is 0 Å². The summed E-state index contributed by atoms with van der Waals surface area (Å²) in [7, 11) is 1.48. The van der Waals surface area contributed by atoms with Gasteiger partial charge in [-0.05, 0) is 18.2 Å². The third-order valence-electron chi connectivity index (χ3n) is 2.26. The molecule has 0 bridgehead atoms. The molecule has 1 aliphatic heterocycles. The highest BCUT2D eigenvalue weighted by atomic mass is 35.5. The van der Waals surface area contributed by atoms with Crippen LogP contribution in [-0.4, -0.2) is 30.5 Å². The number of aromatic hydroxyl groups is 1. The predicted octanol–water partition coefficient (Wildman–Crippen LogP) is -4.24. The second-order valence-corrected chi connectivity index (χ2v) is 3.33. The van der Waals surface area contributed by atoms with E-state index in [1.54, 1.807) is 17.4 Å². The SMILES string of the molecule is COc1cc(C2=NNC(=O)C[NH2+]2)ccc1O.[Cl-]. The first kappa shape index (κ1) is 13.3. The number of nitrogens with one attached hydrogen (secondary N) is 1. The zero-order valence-corrected chi connectivity index (χ0v) is 9.86. The molecule has 17 heavy (non-hydrogen) atoms. The summed E-state index contributed by atoms with van der Waals surface area (Å²) in [5.74, 6) is 0.990. The van der Waals surface area contributed by atoms with Crippen molar-refractivity contribution in [1.82, 2.24) is 5.43 Å². The fraction of sp³-hybridized carbons (Fsp3) is 0.200. The van der Waals surface area contributed by atoms with Crippen molar-refractivity contribution in [2.75, 3.05) is 13.7 Å². The van der Waals surface area contributed by atoms with Crippen molar-refractivity contribution in [3.63, 3.8) is 0 Å². The van der Waals surface area contributed by atoms with Gasteiger partial charge in [-0.15, -0.1) is 5.10 Å². The molecule has 0 atom stereocenters. The number of phenols is 1. The standard InChI is InChI=1S/C10H11N3O3.ClH/c1-16-8-4-6(2-3-7(8)14)10-11-5-9(15)12-13-10;/h2-4,14H,5H2,1H3,(H,11,13)(H,12,15);1H. The number of halogens is 1. The number of hydrazone groups is 1. The van der Waals surface area contributed by atoms with Gasteiger partial charge in [-0.3, -0.25) is 10.1 Å². The molecule has 2 rings (SSSR count). The fourth-order valence-corrected chi connectivity index (χ4v) is 1.42. The van der Waals surface area contributed by atoms with Crippen molar-refractivity contribution in [1.29, 1.82) is 0 Å². The first-order valence-corrected chi connectivity index (χ1v) is 4.78. The van der Waals surface area contributed by atoms with E-state index >= 15 is 0 Å². The lowest BCUT2D eigenvalue weighted by molar-refractivity contribution is -0.529. The summed E-state index contributed by atoms with van der Waals surface area (Å²) in [5.41, 5.74) is 3.18. The number of rotatable bonds is 2. The van der Waals surface area contributed by atoms with E-state index in [1.165, 1.54) is 13.2 Å². The van der Waals surface area contributed by atoms with Gasteiger partial charge in [0.2, 0.25) is 5.84 Å². The van der Waals surface area contributed by atoms with Gasteiger partial charge in [0.15, 0.2) is 18.0 Å². The molecule has 6 nitrogen and oxygen atoms in total. The average molecular weight is 258 g/mol. The number of benzene rings is 1. The van der Waals surface area contributed by atoms with Crippen LogP contribution in [0, 0.1) is 0 Å². The Hall–Kier alpha value is -1.79. The quantitative estimate of drug-likeness (QED) is 0.502. The lowest BCUT2D eigenvalue weighted by Crippen LogP contribution is -3.00. The lowest BCUT2D eigenvalue weighted by atomic mass is 10.2. The minimum Gasteiger partial charge on any atom is -1.00 e. The Morgan fingerprint density at radius 2 is 2.29 bits per heavy atom. The number of ether oxygens (including phenoxy) is 1. The molecule has 1 aromatic carbocycles. The summed E-state index contributed by atoms with van der Waals surface area (Å²) in [6.45, 7) is 0.308. The van der Waals surface area contributed by atoms with Crippen LogP contribution in [0.1, 0.15) is 5.56 Å². The highest BCUT2D eigenvalue weighted by molar-refractivity contribution is 5.95. The Morgan fingerprint density at radius 1 is 1.53 bits per heavy atom. The van der Waals surface area contributed by atoms with E-state index in [1.807, 2.05) is 0 Å². The number of carbonyl (C=O) groups is 1. The number of nitrogens with two attached hydrogens (primary N) is 1. The van der Waals surface area contributed by atoms with E-state index < -0.39 is 0 Å². The number of quaternary nitrogens is 1. The molecule has 1 aliphatic rings. The Morgan fingerprint density at radius 3 is 2.88 bits per heavy atom. The highest BCUT2D eigenvalue weighted by Crippen LogP contribution is 2.25. The maximum absolute atomic E-state index is 10.9. The summed E-state index contributed by atoms with van der Waals surface area (Å²) in [6.07, 6.45) is 0. The number of amidine groups is 1. The van der Waals surface area contributed by atoms with Gasteiger partial charge in [-0.2, -0.15) is 0 Å². The normalized spacial score (nSPS) is 14.4. The Labute approximate surface area is 104 Å². The van der Waals surface area contributed by atoms with Crippen LogP contribution >= 0.6 is 0 Å². The Bertz CT molecular complexity index is 462. The average Bonchev–Trinajstić information content (AvgIpc) is 2.31. The van der Waals surface area contributed by atoms with Crippen LogP contribution in [-0.2, 0) is 4.79 Å². The van der Waals surface area contributed by atoms with Gasteiger partial charge in [0.1, 0.15) is 0 Å². The molecule has 1 heterocycles. The summed E-state index contributed by atoms with van der Waals surface area (Å²) in [4.78, 5) is 10.9. The second kappa shape index (κ2) is 5.51. The van der Waals surface area contributed by atoms with Gasteiger partial charge in [-0.25, -0.2) is 5.43 Å². The molecular formula is C10H12ClN3O3. The van der Waals surface area contributed by atoms with E-state index in [4.69, 9.17) is 4.74 Å². The van der Waals surface area contributed by atoms with E-state index in [2.05, 4.69) is 10.5 Å². The van der Waals surface area contributed by atoms with Crippen molar-refractivity contribution in [2.45, 2.75) is 0 Å². The first-order valence-electron chi connectivity index (χ1n) is 4.78. The Balaban J connectivity index is 0.00000144. The van der Waals surface area contributed by atoms with Crippen LogP contribution in [0.4, 0.5) is 0 Å². The monoisotopic (exact) mass is 257 g/mol. The minimum absolute atomic E-state index is 0. The third-order valence-corrected chi connectivity index (χ3v) is 2.26. The maximum atomic E-state index is 10.9. The molecule has 0 fully saturated rings. The number of phenolic OH excluding ortho intramolecular Hbond substituents is 1. The van der Waals surface area contributed by atoms with Crippen LogP contribution in [0.2, 0.25) is 0 Å². The van der Waals surface area contributed by atoms with E-state index in [0.717, 1.165) is 5.56 Å². The maximum Gasteiger partial charge on any atom is 0.295 e. The van der Waals surface area contributed by atoms with Crippen LogP contribution < -0.4 is 27.9 Å². The summed E-state index contributed by atoms with van der Waals surface area (Å²) < 4.78 is 4.99. The van der Waals surface area contributed by atoms with Crippen LogP contribution in [0.15, 0.2) is 23.3 Å². The number of carbonyl (C=O) groups excluding carboxylic acids is 1. The van der Waals surface area contributed by atoms with E-state index in [0.29, 0.717) is 18.1 Å². The molecule has 0 spiro atoms. The molecule has 7 heteroatoms. The second-order valence-electron chi connectivity index (χ2n) is 3.33. The molecule has 92 valence electrons. The van der Waals surface area contributed by atoms with Gasteiger partial charge >= 0.3 is 0 Å². The molecule has 1 aromatic rings. The minimum atomic E-state index is -0.130. The summed E-state index contributed by atoms with van der Waals surface area (Å²) in [6, 6.07) is 4.91. The molecule has 0 saturated heterocycles. The molecule has 0 aliphatic carbocycles. The smallest absolute Gasteiger partial charge is 0.295 e. The van der Waals surface area contributed by atoms with Crippen LogP contribution in [0.5, 0.6) is 11.5 Å². The van der Waals surface area contributed by atoms with Gasteiger partial charge < -0.3 is 22.3 Å². The highest BCUT2D eigenvalue weighted by Gasteiger charge is 2.18. The summed E-state index contributed by atoms with van der Waals surface area (Å²) >= 11 is 0. The van der Waals surface area contributed by atoms with Crippen molar-refractivity contribution in [3.8, 4) is 11.5 Å². The molecule has 4 N–H and O–H groups in total. The molecule has 0 saturated carbocycles. The zero-order valence-electron chi connectivity index (χ0n) is 9.11. The van der Waals surface area contributed by atoms with E-state index in [9.17, 15) is 9.90 Å². The zero-order chi connectivity index (χ0) is 11.5. The molecule has 0 aromatic heterocycles. The lowest BCUT2D eigenvalue weighted by Gasteiger charge is -2.10. The van der Waals surface area contributed by atoms with E-state index in [-0.39, 0.29) is 24.1 Å². The first-order chi connectivity index (χ1) is 7.70. The largest absolute Gasteiger partial charge is 1.00 e. The topological polar surface area (TPSA) is 87.5 Å².